The molecular formula is C20H22Cl2N2O3S. The normalized spacial score (nSPS) is 13.8. The molecule has 28 heavy (non-hydrogen) atoms. The molecule has 1 aliphatic heterocycles. The van der Waals surface area contributed by atoms with E-state index in [-0.39, 0.29) is 17.2 Å². The Labute approximate surface area is 175 Å². The summed E-state index contributed by atoms with van der Waals surface area (Å²) in [5.74, 6) is -0.0812. The van der Waals surface area contributed by atoms with E-state index in [2.05, 4.69) is 0 Å². The third-order valence-electron chi connectivity index (χ3n) is 4.95. The molecule has 2 aromatic carbocycles. The molecule has 5 nitrogen and oxygen atoms in total. The number of amides is 1. The Morgan fingerprint density at radius 1 is 1.11 bits per heavy atom. The van der Waals surface area contributed by atoms with Crippen LogP contribution in [0.15, 0.2) is 41.3 Å². The van der Waals surface area contributed by atoms with Crippen LogP contribution in [0, 0.1) is 0 Å². The van der Waals surface area contributed by atoms with Crippen LogP contribution in [0.5, 0.6) is 0 Å². The van der Waals surface area contributed by atoms with Crippen molar-refractivity contribution in [2.45, 2.75) is 31.6 Å². The van der Waals surface area contributed by atoms with E-state index in [4.69, 9.17) is 23.2 Å². The van der Waals surface area contributed by atoms with Crippen LogP contribution < -0.4 is 4.90 Å². The molecule has 1 heterocycles. The second kappa shape index (κ2) is 8.41. The summed E-state index contributed by atoms with van der Waals surface area (Å²) in [5.41, 5.74) is 2.34. The van der Waals surface area contributed by atoms with E-state index in [0.29, 0.717) is 41.7 Å². The van der Waals surface area contributed by atoms with Crippen LogP contribution in [-0.4, -0.2) is 38.3 Å². The largest absolute Gasteiger partial charge is 0.312 e. The van der Waals surface area contributed by atoms with Crippen LogP contribution in [0.25, 0.3) is 0 Å². The number of anilines is 1. The number of carbonyl (C=O) groups is 1. The van der Waals surface area contributed by atoms with Gasteiger partial charge in [-0.05, 0) is 47.9 Å². The maximum absolute atomic E-state index is 12.8. The van der Waals surface area contributed by atoms with Gasteiger partial charge in [-0.1, -0.05) is 43.1 Å². The molecule has 1 aliphatic rings. The lowest BCUT2D eigenvalue weighted by atomic mass is 10.1. The first-order valence-electron chi connectivity index (χ1n) is 9.15. The minimum Gasteiger partial charge on any atom is -0.312 e. The average Bonchev–Trinajstić information content (AvgIpc) is 3.08. The molecule has 0 aliphatic carbocycles. The van der Waals surface area contributed by atoms with E-state index < -0.39 is 10.0 Å². The minimum atomic E-state index is -3.52. The Kier molecular flexibility index (Phi) is 6.34. The third kappa shape index (κ3) is 4.06. The predicted octanol–water partition coefficient (Wildman–Crippen LogP) is 4.16. The van der Waals surface area contributed by atoms with Gasteiger partial charge in [-0.15, -0.1) is 0 Å². The van der Waals surface area contributed by atoms with Crippen molar-refractivity contribution in [1.29, 1.82) is 0 Å². The van der Waals surface area contributed by atoms with Crippen molar-refractivity contribution in [2.75, 3.05) is 24.5 Å². The molecular weight excluding hydrogens is 419 g/mol. The van der Waals surface area contributed by atoms with E-state index >= 15 is 0 Å². The van der Waals surface area contributed by atoms with Crippen LogP contribution in [0.3, 0.4) is 0 Å². The highest BCUT2D eigenvalue weighted by molar-refractivity contribution is 7.89. The Morgan fingerprint density at radius 3 is 2.46 bits per heavy atom. The molecule has 0 unspecified atom stereocenters. The van der Waals surface area contributed by atoms with Gasteiger partial charge in [0, 0.05) is 35.4 Å². The lowest BCUT2D eigenvalue weighted by molar-refractivity contribution is -0.117. The second-order valence-electron chi connectivity index (χ2n) is 6.59. The molecule has 0 N–H and O–H groups in total. The Morgan fingerprint density at radius 2 is 1.82 bits per heavy atom. The van der Waals surface area contributed by atoms with E-state index in [0.717, 1.165) is 11.3 Å². The number of hydrogen-bond acceptors (Lipinski definition) is 3. The van der Waals surface area contributed by atoms with Gasteiger partial charge in [-0.3, -0.25) is 4.79 Å². The minimum absolute atomic E-state index is 0.0812. The summed E-state index contributed by atoms with van der Waals surface area (Å²) in [6.45, 7) is 4.99. The van der Waals surface area contributed by atoms with Crippen molar-refractivity contribution >= 4 is 44.8 Å². The number of rotatable bonds is 6. The summed E-state index contributed by atoms with van der Waals surface area (Å²) in [6.07, 6.45) is 0.784. The number of sulfonamides is 1. The molecule has 1 amide bonds. The van der Waals surface area contributed by atoms with Crippen molar-refractivity contribution in [3.63, 3.8) is 0 Å². The second-order valence-corrected chi connectivity index (χ2v) is 9.37. The van der Waals surface area contributed by atoms with Gasteiger partial charge in [-0.25, -0.2) is 8.42 Å². The zero-order chi connectivity index (χ0) is 20.5. The van der Waals surface area contributed by atoms with Crippen LogP contribution in [0.1, 0.15) is 25.0 Å². The maximum Gasteiger partial charge on any atom is 0.243 e. The molecule has 3 rings (SSSR count). The SMILES string of the molecule is CCN(CC)S(=O)(=O)c1ccc2c(c1)CCN2C(=O)Cc1ccc(Cl)cc1Cl. The number of fused-ring (bicyclic) bond motifs is 1. The van der Waals surface area contributed by atoms with Crippen molar-refractivity contribution in [1.82, 2.24) is 4.31 Å². The summed E-state index contributed by atoms with van der Waals surface area (Å²) < 4.78 is 26.9. The monoisotopic (exact) mass is 440 g/mol. The van der Waals surface area contributed by atoms with Gasteiger partial charge in [0.25, 0.3) is 0 Å². The van der Waals surface area contributed by atoms with Crippen molar-refractivity contribution in [2.24, 2.45) is 0 Å². The number of hydrogen-bond donors (Lipinski definition) is 0. The quantitative estimate of drug-likeness (QED) is 0.677. The standard InChI is InChI=1S/C20H22Cl2N2O3S/c1-3-23(4-2)28(26,27)17-7-8-19-15(11-17)9-10-24(19)20(25)12-14-5-6-16(21)13-18(14)22/h5-8,11,13H,3-4,9-10,12H2,1-2H3. The molecule has 150 valence electrons. The summed E-state index contributed by atoms with van der Waals surface area (Å²) >= 11 is 12.1. The van der Waals surface area contributed by atoms with Gasteiger partial charge in [0.1, 0.15) is 0 Å². The first-order chi connectivity index (χ1) is 13.3. The maximum atomic E-state index is 12.8. The zero-order valence-electron chi connectivity index (χ0n) is 15.8. The topological polar surface area (TPSA) is 57.7 Å². The van der Waals surface area contributed by atoms with Crippen molar-refractivity contribution in [3.8, 4) is 0 Å². The smallest absolute Gasteiger partial charge is 0.243 e. The molecule has 0 saturated heterocycles. The molecule has 8 heteroatoms. The number of nitrogens with zero attached hydrogens (tertiary/aromatic N) is 2. The summed E-state index contributed by atoms with van der Waals surface area (Å²) in [7, 11) is -3.52. The number of benzene rings is 2. The summed E-state index contributed by atoms with van der Waals surface area (Å²) in [5, 5.41) is 0.982. The molecule has 0 bridgehead atoms. The summed E-state index contributed by atoms with van der Waals surface area (Å²) in [4.78, 5) is 14.8. The van der Waals surface area contributed by atoms with Crippen LogP contribution >= 0.6 is 23.2 Å². The van der Waals surface area contributed by atoms with Crippen molar-refractivity contribution in [3.05, 3.63) is 57.6 Å². The number of halogens is 2. The highest BCUT2D eigenvalue weighted by Crippen LogP contribution is 2.32. The van der Waals surface area contributed by atoms with Crippen LogP contribution in [-0.2, 0) is 27.7 Å². The van der Waals surface area contributed by atoms with Gasteiger partial charge in [0.2, 0.25) is 15.9 Å². The predicted molar refractivity (Wildman–Crippen MR) is 113 cm³/mol. The van der Waals surface area contributed by atoms with Crippen molar-refractivity contribution < 1.29 is 13.2 Å². The van der Waals surface area contributed by atoms with E-state index in [9.17, 15) is 13.2 Å². The molecule has 0 fully saturated rings. The van der Waals surface area contributed by atoms with Gasteiger partial charge >= 0.3 is 0 Å². The molecule has 0 aromatic heterocycles. The number of carbonyl (C=O) groups excluding carboxylic acids is 1. The average molecular weight is 441 g/mol. The first kappa shape index (κ1) is 21.1. The fourth-order valence-electron chi connectivity index (χ4n) is 3.43. The van der Waals surface area contributed by atoms with Gasteiger partial charge in [0.05, 0.1) is 11.3 Å². The van der Waals surface area contributed by atoms with Gasteiger partial charge in [0.15, 0.2) is 0 Å². The third-order valence-corrected chi connectivity index (χ3v) is 7.58. The lowest BCUT2D eigenvalue weighted by Crippen LogP contribution is -2.31. The van der Waals surface area contributed by atoms with Gasteiger partial charge in [-0.2, -0.15) is 4.31 Å². The van der Waals surface area contributed by atoms with E-state index in [1.165, 1.54) is 4.31 Å². The molecule has 0 spiro atoms. The fraction of sp³-hybridized carbons (Fsp3) is 0.350. The molecule has 0 atom stereocenters. The molecule has 2 aromatic rings. The molecule has 0 saturated carbocycles. The lowest BCUT2D eigenvalue weighted by Gasteiger charge is -2.20. The highest BCUT2D eigenvalue weighted by Gasteiger charge is 2.28. The van der Waals surface area contributed by atoms with Gasteiger partial charge < -0.3 is 4.90 Å². The fourth-order valence-corrected chi connectivity index (χ4v) is 5.42. The Balaban J connectivity index is 1.84. The highest BCUT2D eigenvalue weighted by atomic mass is 35.5. The Bertz CT molecular complexity index is 1000. The zero-order valence-corrected chi connectivity index (χ0v) is 18.1. The Hall–Kier alpha value is -1.60. The molecule has 0 radical (unpaired) electrons. The van der Waals surface area contributed by atoms with Crippen LogP contribution in [0.2, 0.25) is 10.0 Å². The van der Waals surface area contributed by atoms with Crippen LogP contribution in [0.4, 0.5) is 5.69 Å². The van der Waals surface area contributed by atoms with E-state index in [1.54, 1.807) is 41.3 Å². The van der Waals surface area contributed by atoms with E-state index in [1.807, 2.05) is 13.8 Å². The summed E-state index contributed by atoms with van der Waals surface area (Å²) in [6, 6.07) is 10.1. The first-order valence-corrected chi connectivity index (χ1v) is 11.3.